The lowest BCUT2D eigenvalue weighted by Gasteiger charge is -2.23. The second-order valence-electron chi connectivity index (χ2n) is 4.29. The normalized spacial score (nSPS) is 23.2. The molecule has 0 aromatic carbocycles. The summed E-state index contributed by atoms with van der Waals surface area (Å²) in [7, 11) is 0. The highest BCUT2D eigenvalue weighted by atomic mass is 15.3. The van der Waals surface area contributed by atoms with Crippen LogP contribution in [-0.2, 0) is 6.54 Å². The molecular weight excluding hydrogens is 176 g/mol. The van der Waals surface area contributed by atoms with E-state index >= 15 is 0 Å². The summed E-state index contributed by atoms with van der Waals surface area (Å²) >= 11 is 0. The number of nitrogens with zero attached hydrogens (tertiary/aromatic N) is 3. The van der Waals surface area contributed by atoms with Gasteiger partial charge in [0.15, 0.2) is 0 Å². The minimum absolute atomic E-state index is 0.253. The Morgan fingerprint density at radius 1 is 1.64 bits per heavy atom. The Morgan fingerprint density at radius 2 is 2.43 bits per heavy atom. The fraction of sp³-hybridized carbons (Fsp3) is 0.800. The molecule has 2 N–H and O–H groups in total. The van der Waals surface area contributed by atoms with Crippen LogP contribution in [0.4, 0.5) is 0 Å². The highest BCUT2D eigenvalue weighted by Crippen LogP contribution is 2.28. The molecule has 2 heterocycles. The third-order valence-electron chi connectivity index (χ3n) is 2.75. The predicted octanol–water partition coefficient (Wildman–Crippen LogP) is 1.20. The molecule has 0 spiro atoms. The summed E-state index contributed by atoms with van der Waals surface area (Å²) in [6.07, 6.45) is 3.44. The SMILES string of the molecule is Cc1nc2n(n1)CCCC2CC(C)N. The van der Waals surface area contributed by atoms with Gasteiger partial charge in [-0.1, -0.05) is 0 Å². The first-order valence-corrected chi connectivity index (χ1v) is 5.33. The third-order valence-corrected chi connectivity index (χ3v) is 2.75. The standard InChI is InChI=1S/C10H18N4/c1-7(11)6-9-4-3-5-14-10(9)12-8(2)13-14/h7,9H,3-6,11H2,1-2H3. The van der Waals surface area contributed by atoms with Gasteiger partial charge in [0, 0.05) is 18.5 Å². The van der Waals surface area contributed by atoms with Crippen LogP contribution in [0.3, 0.4) is 0 Å². The first-order chi connectivity index (χ1) is 6.66. The smallest absolute Gasteiger partial charge is 0.147 e. The zero-order valence-electron chi connectivity index (χ0n) is 8.90. The van der Waals surface area contributed by atoms with Crippen LogP contribution in [0.15, 0.2) is 0 Å². The third kappa shape index (κ3) is 1.80. The Kier molecular flexibility index (Phi) is 2.54. The van der Waals surface area contributed by atoms with Crippen LogP contribution in [0.5, 0.6) is 0 Å². The zero-order chi connectivity index (χ0) is 10.1. The van der Waals surface area contributed by atoms with E-state index in [4.69, 9.17) is 5.73 Å². The quantitative estimate of drug-likeness (QED) is 0.769. The molecular formula is C10H18N4. The number of hydrogen-bond donors (Lipinski definition) is 1. The van der Waals surface area contributed by atoms with Crippen molar-refractivity contribution in [1.29, 1.82) is 0 Å². The Morgan fingerprint density at radius 3 is 3.14 bits per heavy atom. The van der Waals surface area contributed by atoms with Gasteiger partial charge >= 0.3 is 0 Å². The molecule has 4 nitrogen and oxygen atoms in total. The van der Waals surface area contributed by atoms with Gasteiger partial charge in [0.25, 0.3) is 0 Å². The summed E-state index contributed by atoms with van der Waals surface area (Å²) in [4.78, 5) is 4.48. The van der Waals surface area contributed by atoms with Crippen LogP contribution in [0.2, 0.25) is 0 Å². The van der Waals surface area contributed by atoms with Crippen LogP contribution in [-0.4, -0.2) is 20.8 Å². The number of nitrogens with two attached hydrogens (primary N) is 1. The molecule has 0 amide bonds. The van der Waals surface area contributed by atoms with Crippen molar-refractivity contribution >= 4 is 0 Å². The van der Waals surface area contributed by atoms with Crippen molar-refractivity contribution in [3.05, 3.63) is 11.6 Å². The topological polar surface area (TPSA) is 56.7 Å². The highest BCUT2D eigenvalue weighted by molar-refractivity contribution is 5.02. The van der Waals surface area contributed by atoms with Crippen molar-refractivity contribution in [1.82, 2.24) is 14.8 Å². The average Bonchev–Trinajstić information content (AvgIpc) is 2.45. The first-order valence-electron chi connectivity index (χ1n) is 5.33. The summed E-state index contributed by atoms with van der Waals surface area (Å²) < 4.78 is 2.05. The molecule has 2 unspecified atom stereocenters. The number of rotatable bonds is 2. The summed E-state index contributed by atoms with van der Waals surface area (Å²) in [5.74, 6) is 2.55. The Balaban J connectivity index is 2.21. The van der Waals surface area contributed by atoms with Crippen molar-refractivity contribution < 1.29 is 0 Å². The summed E-state index contributed by atoms with van der Waals surface area (Å²) in [5, 5.41) is 4.37. The van der Waals surface area contributed by atoms with E-state index in [-0.39, 0.29) is 6.04 Å². The van der Waals surface area contributed by atoms with Gasteiger partial charge in [-0.25, -0.2) is 9.67 Å². The predicted molar refractivity (Wildman–Crippen MR) is 55.0 cm³/mol. The van der Waals surface area contributed by atoms with E-state index in [9.17, 15) is 0 Å². The molecule has 1 aliphatic heterocycles. The molecule has 78 valence electrons. The summed E-state index contributed by atoms with van der Waals surface area (Å²) in [6, 6.07) is 0.253. The molecule has 4 heteroatoms. The minimum atomic E-state index is 0.253. The van der Waals surface area contributed by atoms with Crippen LogP contribution in [0, 0.1) is 6.92 Å². The molecule has 1 aliphatic rings. The summed E-state index contributed by atoms with van der Waals surface area (Å²) in [6.45, 7) is 5.03. The Labute approximate surface area is 84.5 Å². The van der Waals surface area contributed by atoms with E-state index in [2.05, 4.69) is 17.0 Å². The fourth-order valence-corrected chi connectivity index (χ4v) is 2.23. The lowest BCUT2D eigenvalue weighted by Crippen LogP contribution is -2.24. The van der Waals surface area contributed by atoms with Crippen LogP contribution >= 0.6 is 0 Å². The van der Waals surface area contributed by atoms with Gasteiger partial charge in [0.05, 0.1) is 0 Å². The first kappa shape index (κ1) is 9.65. The summed E-state index contributed by atoms with van der Waals surface area (Å²) in [5.41, 5.74) is 5.83. The van der Waals surface area contributed by atoms with Gasteiger partial charge in [-0.2, -0.15) is 5.10 Å². The maximum absolute atomic E-state index is 5.83. The number of aromatic nitrogens is 3. The van der Waals surface area contributed by atoms with E-state index in [0.29, 0.717) is 5.92 Å². The molecule has 1 aromatic rings. The maximum atomic E-state index is 5.83. The van der Waals surface area contributed by atoms with Gasteiger partial charge in [0.2, 0.25) is 0 Å². The number of fused-ring (bicyclic) bond motifs is 1. The average molecular weight is 194 g/mol. The molecule has 0 radical (unpaired) electrons. The van der Waals surface area contributed by atoms with Gasteiger partial charge in [-0.05, 0) is 33.1 Å². The van der Waals surface area contributed by atoms with Crippen molar-refractivity contribution in [2.45, 2.75) is 51.6 Å². The molecule has 0 fully saturated rings. The molecule has 0 saturated heterocycles. The maximum Gasteiger partial charge on any atom is 0.147 e. The second kappa shape index (κ2) is 3.69. The molecule has 1 aromatic heterocycles. The Hall–Kier alpha value is -0.900. The van der Waals surface area contributed by atoms with Crippen LogP contribution in [0.25, 0.3) is 0 Å². The monoisotopic (exact) mass is 194 g/mol. The molecule has 0 bridgehead atoms. The van der Waals surface area contributed by atoms with Gasteiger partial charge < -0.3 is 5.73 Å². The van der Waals surface area contributed by atoms with E-state index in [1.54, 1.807) is 0 Å². The van der Waals surface area contributed by atoms with E-state index in [1.165, 1.54) is 12.8 Å². The largest absolute Gasteiger partial charge is 0.328 e. The highest BCUT2D eigenvalue weighted by Gasteiger charge is 2.23. The van der Waals surface area contributed by atoms with Gasteiger partial charge in [0.1, 0.15) is 11.6 Å². The molecule has 0 saturated carbocycles. The van der Waals surface area contributed by atoms with E-state index < -0.39 is 0 Å². The number of aryl methyl sites for hydroxylation is 2. The van der Waals surface area contributed by atoms with Crippen LogP contribution in [0.1, 0.15) is 43.8 Å². The molecule has 2 atom stereocenters. The van der Waals surface area contributed by atoms with Crippen molar-refractivity contribution in [3.8, 4) is 0 Å². The number of hydrogen-bond acceptors (Lipinski definition) is 3. The van der Waals surface area contributed by atoms with Crippen molar-refractivity contribution in [2.75, 3.05) is 0 Å². The van der Waals surface area contributed by atoms with Crippen molar-refractivity contribution in [2.24, 2.45) is 5.73 Å². The molecule has 2 rings (SSSR count). The Bertz CT molecular complexity index is 316. The fourth-order valence-electron chi connectivity index (χ4n) is 2.23. The van der Waals surface area contributed by atoms with E-state index in [0.717, 1.165) is 24.6 Å². The van der Waals surface area contributed by atoms with Gasteiger partial charge in [-0.3, -0.25) is 0 Å². The van der Waals surface area contributed by atoms with E-state index in [1.807, 2.05) is 11.6 Å². The zero-order valence-corrected chi connectivity index (χ0v) is 8.90. The molecule has 0 aliphatic carbocycles. The van der Waals surface area contributed by atoms with Gasteiger partial charge in [-0.15, -0.1) is 0 Å². The second-order valence-corrected chi connectivity index (χ2v) is 4.29. The minimum Gasteiger partial charge on any atom is -0.328 e. The lowest BCUT2D eigenvalue weighted by molar-refractivity contribution is 0.386. The lowest BCUT2D eigenvalue weighted by atomic mass is 9.93. The van der Waals surface area contributed by atoms with Crippen molar-refractivity contribution in [3.63, 3.8) is 0 Å². The molecule has 14 heavy (non-hydrogen) atoms. The van der Waals surface area contributed by atoms with Crippen LogP contribution < -0.4 is 5.73 Å².